The van der Waals surface area contributed by atoms with Crippen LogP contribution in [0.5, 0.6) is 0 Å². The Morgan fingerprint density at radius 3 is 2.51 bits per heavy atom. The fourth-order valence-electron chi connectivity index (χ4n) is 6.62. The molecule has 2 N–H and O–H groups in total. The molecule has 41 heavy (non-hydrogen) atoms. The largest absolute Gasteiger partial charge is 0.348 e. The minimum absolute atomic E-state index is 0.197. The summed E-state index contributed by atoms with van der Waals surface area (Å²) in [5.74, 6) is 0.182. The Hall–Kier alpha value is -2.88. The second kappa shape index (κ2) is 14.8. The van der Waals surface area contributed by atoms with Gasteiger partial charge in [0.2, 0.25) is 5.91 Å². The van der Waals surface area contributed by atoms with Crippen LogP contribution in [0, 0.1) is 17.2 Å². The molecule has 224 valence electrons. The van der Waals surface area contributed by atoms with Crippen molar-refractivity contribution in [2.45, 2.75) is 90.0 Å². The molecule has 2 aromatic rings. The summed E-state index contributed by atoms with van der Waals surface area (Å²) in [4.78, 5) is 49.4. The van der Waals surface area contributed by atoms with E-state index in [0.717, 1.165) is 36.9 Å². The Morgan fingerprint density at radius 1 is 1.17 bits per heavy atom. The lowest BCUT2D eigenvalue weighted by Gasteiger charge is -2.47. The SMILES string of the molecule is CCCC(=O)C1(C2CCCCC2)CCN(C(=O)[C@@H](Cc2ccc(F)cc2)N(S)C(=O)NCCCc2cnc[nH]2)CC1. The van der Waals surface area contributed by atoms with Crippen LogP contribution < -0.4 is 5.32 Å². The van der Waals surface area contributed by atoms with Crippen molar-refractivity contribution in [1.82, 2.24) is 24.5 Å². The molecule has 0 bridgehead atoms. The Morgan fingerprint density at radius 2 is 1.88 bits per heavy atom. The maximum atomic E-state index is 14.0. The molecule has 1 saturated heterocycles. The number of amides is 3. The van der Waals surface area contributed by atoms with E-state index in [9.17, 15) is 18.8 Å². The highest BCUT2D eigenvalue weighted by atomic mass is 32.1. The number of imidazole rings is 1. The van der Waals surface area contributed by atoms with Crippen LogP contribution in [-0.2, 0) is 22.4 Å². The normalized spacial score (nSPS) is 18.1. The van der Waals surface area contributed by atoms with Gasteiger partial charge in [-0.05, 0) is 68.6 Å². The van der Waals surface area contributed by atoms with E-state index in [1.54, 1.807) is 29.6 Å². The molecule has 0 radical (unpaired) electrons. The van der Waals surface area contributed by atoms with Gasteiger partial charge in [-0.25, -0.2) is 14.2 Å². The maximum Gasteiger partial charge on any atom is 0.327 e. The second-order valence-corrected chi connectivity index (χ2v) is 12.0. The van der Waals surface area contributed by atoms with Crippen LogP contribution in [0.2, 0.25) is 0 Å². The number of carbonyl (C=O) groups is 3. The number of piperidine rings is 1. The number of likely N-dealkylation sites (tertiary alicyclic amines) is 1. The molecule has 1 aliphatic heterocycles. The van der Waals surface area contributed by atoms with Crippen LogP contribution in [0.15, 0.2) is 36.8 Å². The van der Waals surface area contributed by atoms with Gasteiger partial charge in [-0.2, -0.15) is 0 Å². The number of urea groups is 1. The van der Waals surface area contributed by atoms with E-state index < -0.39 is 12.1 Å². The van der Waals surface area contributed by atoms with E-state index in [0.29, 0.717) is 57.0 Å². The highest BCUT2D eigenvalue weighted by Gasteiger charge is 2.47. The van der Waals surface area contributed by atoms with E-state index in [1.165, 1.54) is 35.7 Å². The Bertz CT molecular complexity index is 1130. The van der Waals surface area contributed by atoms with E-state index in [-0.39, 0.29) is 23.6 Å². The highest BCUT2D eigenvalue weighted by molar-refractivity contribution is 7.78. The number of aryl methyl sites for hydroxylation is 1. The molecular formula is C31H44FN5O3S. The summed E-state index contributed by atoms with van der Waals surface area (Å²) in [5.41, 5.74) is 1.37. The molecule has 4 rings (SSSR count). The van der Waals surface area contributed by atoms with E-state index in [2.05, 4.69) is 35.0 Å². The molecule has 1 aromatic carbocycles. The van der Waals surface area contributed by atoms with E-state index in [1.807, 2.05) is 0 Å². The van der Waals surface area contributed by atoms with Gasteiger partial charge in [-0.15, -0.1) is 0 Å². The number of nitrogens with zero attached hydrogens (tertiary/aromatic N) is 3. The van der Waals surface area contributed by atoms with Gasteiger partial charge in [0, 0.05) is 49.8 Å². The Balaban J connectivity index is 1.44. The first kappa shape index (κ1) is 31.1. The number of ketones is 1. The van der Waals surface area contributed by atoms with Gasteiger partial charge in [-0.1, -0.05) is 51.1 Å². The van der Waals surface area contributed by atoms with Gasteiger partial charge in [0.15, 0.2) is 0 Å². The van der Waals surface area contributed by atoms with Gasteiger partial charge < -0.3 is 15.2 Å². The summed E-state index contributed by atoms with van der Waals surface area (Å²) in [6.45, 7) is 3.44. The van der Waals surface area contributed by atoms with Gasteiger partial charge in [0.1, 0.15) is 17.6 Å². The summed E-state index contributed by atoms with van der Waals surface area (Å²) < 4.78 is 14.8. The van der Waals surface area contributed by atoms with E-state index >= 15 is 0 Å². The van der Waals surface area contributed by atoms with Crippen LogP contribution in [0.3, 0.4) is 0 Å². The number of thiol groups is 1. The van der Waals surface area contributed by atoms with Crippen molar-refractivity contribution in [2.75, 3.05) is 19.6 Å². The summed E-state index contributed by atoms with van der Waals surface area (Å²) >= 11 is 4.50. The van der Waals surface area contributed by atoms with Gasteiger partial charge in [-0.3, -0.25) is 13.9 Å². The summed E-state index contributed by atoms with van der Waals surface area (Å²) in [6, 6.07) is 4.65. The number of H-pyrrole nitrogens is 1. The molecule has 1 aliphatic carbocycles. The van der Waals surface area contributed by atoms with Crippen molar-refractivity contribution in [3.63, 3.8) is 0 Å². The van der Waals surface area contributed by atoms with Crippen molar-refractivity contribution in [3.05, 3.63) is 53.9 Å². The fraction of sp³-hybridized carbons (Fsp3) is 0.613. The topological polar surface area (TPSA) is 98.4 Å². The number of rotatable bonds is 12. The lowest BCUT2D eigenvalue weighted by atomic mass is 9.61. The van der Waals surface area contributed by atoms with Crippen molar-refractivity contribution < 1.29 is 18.8 Å². The lowest BCUT2D eigenvalue weighted by molar-refractivity contribution is -0.145. The minimum Gasteiger partial charge on any atom is -0.348 e. The van der Waals surface area contributed by atoms with Crippen molar-refractivity contribution >= 4 is 30.5 Å². The minimum atomic E-state index is -0.870. The monoisotopic (exact) mass is 585 g/mol. The highest BCUT2D eigenvalue weighted by Crippen LogP contribution is 2.47. The molecule has 2 heterocycles. The molecule has 0 spiro atoms. The first-order valence-electron chi connectivity index (χ1n) is 15.1. The third kappa shape index (κ3) is 7.90. The van der Waals surface area contributed by atoms with Crippen LogP contribution in [0.25, 0.3) is 0 Å². The second-order valence-electron chi connectivity index (χ2n) is 11.6. The zero-order valence-electron chi connectivity index (χ0n) is 24.1. The van der Waals surface area contributed by atoms with Crippen LogP contribution in [-0.4, -0.2) is 62.6 Å². The number of halogens is 1. The molecule has 1 saturated carbocycles. The standard InChI is InChI=1S/C31H44FN5O3S/c1-2-7-28(38)31(24-8-4-3-5-9-24)15-18-36(19-16-31)29(39)27(20-23-11-13-25(32)14-12-23)37(41)30(40)34-17-6-10-26-21-33-22-35-26/h11-14,21-22,24,27,41H,2-10,15-20H2,1H3,(H,33,35)(H,34,40)/t27-/m1/s1. The average Bonchev–Trinajstić information content (AvgIpc) is 3.52. The number of nitrogens with one attached hydrogen (secondary N) is 2. The first-order chi connectivity index (χ1) is 19.8. The van der Waals surface area contributed by atoms with Crippen LogP contribution in [0.4, 0.5) is 9.18 Å². The third-order valence-corrected chi connectivity index (χ3v) is 9.43. The van der Waals surface area contributed by atoms with E-state index in [4.69, 9.17) is 0 Å². The Kier molecular flexibility index (Phi) is 11.2. The molecule has 10 heteroatoms. The fourth-order valence-corrected chi connectivity index (χ4v) is 6.87. The summed E-state index contributed by atoms with van der Waals surface area (Å²) in [6.07, 6.45) is 13.5. The van der Waals surface area contributed by atoms with Crippen molar-refractivity contribution in [3.8, 4) is 0 Å². The molecule has 2 aliphatic rings. The number of hydrogen-bond donors (Lipinski definition) is 3. The number of carbonyl (C=O) groups excluding carboxylic acids is 3. The predicted molar refractivity (Wildman–Crippen MR) is 160 cm³/mol. The average molecular weight is 586 g/mol. The quantitative estimate of drug-likeness (QED) is 0.226. The number of hydrogen-bond acceptors (Lipinski definition) is 5. The number of Topliss-reactive ketones (excluding diaryl/α,β-unsaturated/α-hetero) is 1. The van der Waals surface area contributed by atoms with Crippen LogP contribution >= 0.6 is 12.8 Å². The van der Waals surface area contributed by atoms with Gasteiger partial charge in [0.25, 0.3) is 0 Å². The molecule has 1 aromatic heterocycles. The smallest absolute Gasteiger partial charge is 0.327 e. The summed E-state index contributed by atoms with van der Waals surface area (Å²) in [5, 5.41) is 2.86. The predicted octanol–water partition coefficient (Wildman–Crippen LogP) is 5.51. The van der Waals surface area contributed by atoms with Crippen molar-refractivity contribution in [1.29, 1.82) is 0 Å². The van der Waals surface area contributed by atoms with Gasteiger partial charge >= 0.3 is 6.03 Å². The molecule has 3 amide bonds. The third-order valence-electron chi connectivity index (χ3n) is 8.97. The zero-order valence-corrected chi connectivity index (χ0v) is 25.0. The molecule has 8 nitrogen and oxygen atoms in total. The number of aromatic amines is 1. The van der Waals surface area contributed by atoms with Crippen molar-refractivity contribution in [2.24, 2.45) is 11.3 Å². The number of aromatic nitrogens is 2. The molecular weight excluding hydrogens is 541 g/mol. The zero-order chi connectivity index (χ0) is 29.2. The Labute approximate surface area is 248 Å². The molecule has 1 atom stereocenters. The molecule has 2 fully saturated rings. The lowest BCUT2D eigenvalue weighted by Crippen LogP contribution is -2.55. The molecule has 0 unspecified atom stereocenters. The first-order valence-corrected chi connectivity index (χ1v) is 15.5. The number of benzene rings is 1. The van der Waals surface area contributed by atoms with Crippen LogP contribution in [0.1, 0.15) is 82.4 Å². The maximum absolute atomic E-state index is 14.0. The summed E-state index contributed by atoms with van der Waals surface area (Å²) in [7, 11) is 0. The van der Waals surface area contributed by atoms with Gasteiger partial charge in [0.05, 0.1) is 6.33 Å².